The van der Waals surface area contributed by atoms with E-state index < -0.39 is 0 Å². The zero-order chi connectivity index (χ0) is 15.2. The monoisotopic (exact) mass is 286 g/mol. The fourth-order valence-electron chi connectivity index (χ4n) is 1.87. The number of nitrogens with one attached hydrogen (secondary N) is 2. The molecule has 2 N–H and O–H groups in total. The molecule has 1 heterocycles. The van der Waals surface area contributed by atoms with E-state index in [1.54, 1.807) is 35.1 Å². The summed E-state index contributed by atoms with van der Waals surface area (Å²) in [6.45, 7) is 3.95. The number of carbonyl (C=O) groups is 2. The third-order valence-corrected chi connectivity index (χ3v) is 2.82. The van der Waals surface area contributed by atoms with Crippen molar-refractivity contribution in [2.75, 3.05) is 10.6 Å². The Morgan fingerprint density at radius 1 is 1.14 bits per heavy atom. The van der Waals surface area contributed by atoms with Crippen LogP contribution in [-0.2, 0) is 16.1 Å². The lowest BCUT2D eigenvalue weighted by molar-refractivity contribution is -0.116. The minimum absolute atomic E-state index is 0.0737. The summed E-state index contributed by atoms with van der Waals surface area (Å²) in [5, 5.41) is 9.61. The van der Waals surface area contributed by atoms with Gasteiger partial charge in [0.2, 0.25) is 11.8 Å². The number of rotatable bonds is 5. The van der Waals surface area contributed by atoms with Crippen LogP contribution in [0.25, 0.3) is 0 Å². The first-order valence-corrected chi connectivity index (χ1v) is 6.69. The number of aryl methyl sites for hydroxylation is 2. The van der Waals surface area contributed by atoms with E-state index in [0.717, 1.165) is 5.56 Å². The lowest BCUT2D eigenvalue weighted by Crippen LogP contribution is -2.14. The maximum absolute atomic E-state index is 11.8. The zero-order valence-corrected chi connectivity index (χ0v) is 12.1. The molecule has 0 aliphatic rings. The first-order chi connectivity index (χ1) is 10.0. The second-order valence-corrected chi connectivity index (χ2v) is 4.84. The molecule has 0 atom stereocenters. The predicted octanol–water partition coefficient (Wildman–Crippen LogP) is 2.18. The molecular formula is C15H18N4O2. The van der Waals surface area contributed by atoms with Crippen molar-refractivity contribution >= 4 is 23.2 Å². The number of carbonyl (C=O) groups excluding carboxylic acids is 2. The highest BCUT2D eigenvalue weighted by molar-refractivity contribution is 5.92. The van der Waals surface area contributed by atoms with Crippen LogP contribution in [0.4, 0.5) is 11.4 Å². The molecule has 6 heteroatoms. The van der Waals surface area contributed by atoms with Crippen molar-refractivity contribution in [3.63, 3.8) is 0 Å². The lowest BCUT2D eigenvalue weighted by atomic mass is 10.2. The van der Waals surface area contributed by atoms with E-state index in [4.69, 9.17) is 0 Å². The van der Waals surface area contributed by atoms with Crippen molar-refractivity contribution in [3.8, 4) is 0 Å². The smallest absolute Gasteiger partial charge is 0.226 e. The van der Waals surface area contributed by atoms with Gasteiger partial charge in [0.25, 0.3) is 0 Å². The lowest BCUT2D eigenvalue weighted by Gasteiger charge is -2.07. The number of hydrogen-bond acceptors (Lipinski definition) is 3. The Morgan fingerprint density at radius 3 is 2.29 bits per heavy atom. The molecule has 0 saturated carbocycles. The molecule has 1 aromatic heterocycles. The summed E-state index contributed by atoms with van der Waals surface area (Å²) >= 11 is 0. The fraction of sp³-hybridized carbons (Fsp3) is 0.267. The van der Waals surface area contributed by atoms with Crippen LogP contribution in [0.15, 0.2) is 36.7 Å². The maximum Gasteiger partial charge on any atom is 0.226 e. The Labute approximate surface area is 123 Å². The van der Waals surface area contributed by atoms with Gasteiger partial charge in [0, 0.05) is 37.5 Å². The first-order valence-electron chi connectivity index (χ1n) is 6.69. The van der Waals surface area contributed by atoms with Crippen LogP contribution in [0.5, 0.6) is 0 Å². The molecule has 21 heavy (non-hydrogen) atoms. The molecule has 0 aliphatic heterocycles. The molecule has 0 spiro atoms. The molecule has 0 saturated heterocycles. The van der Waals surface area contributed by atoms with Gasteiger partial charge in [0.15, 0.2) is 0 Å². The minimum Gasteiger partial charge on any atom is -0.326 e. The summed E-state index contributed by atoms with van der Waals surface area (Å²) in [5.41, 5.74) is 2.47. The maximum atomic E-state index is 11.8. The first kappa shape index (κ1) is 14.8. The van der Waals surface area contributed by atoms with Crippen molar-refractivity contribution in [1.82, 2.24) is 9.78 Å². The van der Waals surface area contributed by atoms with Gasteiger partial charge in [-0.15, -0.1) is 0 Å². The van der Waals surface area contributed by atoms with Crippen LogP contribution in [0.1, 0.15) is 18.9 Å². The Morgan fingerprint density at radius 2 is 1.76 bits per heavy atom. The van der Waals surface area contributed by atoms with Crippen LogP contribution < -0.4 is 10.6 Å². The van der Waals surface area contributed by atoms with Crippen LogP contribution in [0, 0.1) is 6.92 Å². The average molecular weight is 286 g/mol. The van der Waals surface area contributed by atoms with E-state index in [1.165, 1.54) is 6.92 Å². The van der Waals surface area contributed by atoms with Crippen LogP contribution in [0.2, 0.25) is 0 Å². The molecule has 6 nitrogen and oxygen atoms in total. The van der Waals surface area contributed by atoms with E-state index in [1.807, 2.05) is 13.1 Å². The van der Waals surface area contributed by atoms with E-state index >= 15 is 0 Å². The van der Waals surface area contributed by atoms with E-state index in [0.29, 0.717) is 24.3 Å². The number of nitrogens with zero attached hydrogens (tertiary/aromatic N) is 2. The van der Waals surface area contributed by atoms with Gasteiger partial charge in [-0.2, -0.15) is 5.10 Å². The number of amides is 2. The van der Waals surface area contributed by atoms with Gasteiger partial charge in [0.1, 0.15) is 0 Å². The molecule has 0 aliphatic carbocycles. The average Bonchev–Trinajstić information content (AvgIpc) is 2.84. The van der Waals surface area contributed by atoms with Gasteiger partial charge >= 0.3 is 0 Å². The van der Waals surface area contributed by atoms with E-state index in [-0.39, 0.29) is 11.8 Å². The molecular weight excluding hydrogens is 268 g/mol. The SMILES string of the molecule is CC(=O)Nc1ccc(NC(=O)CCn2cc(C)cn2)cc1. The molecule has 0 unspecified atom stereocenters. The largest absolute Gasteiger partial charge is 0.326 e. The number of benzene rings is 1. The molecule has 2 rings (SSSR count). The number of anilines is 2. The van der Waals surface area contributed by atoms with Gasteiger partial charge in [-0.25, -0.2) is 0 Å². The summed E-state index contributed by atoms with van der Waals surface area (Å²) in [5.74, 6) is -0.197. The van der Waals surface area contributed by atoms with E-state index in [2.05, 4.69) is 15.7 Å². The molecule has 0 bridgehead atoms. The van der Waals surface area contributed by atoms with E-state index in [9.17, 15) is 9.59 Å². The standard InChI is InChI=1S/C15H18N4O2/c1-11-9-16-19(10-11)8-7-15(21)18-14-5-3-13(4-6-14)17-12(2)20/h3-6,9-10H,7-8H2,1-2H3,(H,17,20)(H,18,21). The topological polar surface area (TPSA) is 76.0 Å². The molecule has 110 valence electrons. The highest BCUT2D eigenvalue weighted by Gasteiger charge is 2.04. The van der Waals surface area contributed by atoms with Crippen molar-refractivity contribution in [1.29, 1.82) is 0 Å². The van der Waals surface area contributed by atoms with Gasteiger partial charge < -0.3 is 10.6 Å². The number of hydrogen-bond donors (Lipinski definition) is 2. The third kappa shape index (κ3) is 4.76. The molecule has 0 fully saturated rings. The quantitative estimate of drug-likeness (QED) is 0.884. The Bertz CT molecular complexity index is 631. The van der Waals surface area contributed by atoms with Gasteiger partial charge in [-0.3, -0.25) is 14.3 Å². The van der Waals surface area contributed by atoms with Crippen LogP contribution >= 0.6 is 0 Å². The molecule has 0 radical (unpaired) electrons. The Balaban J connectivity index is 1.83. The minimum atomic E-state index is -0.124. The molecule has 2 aromatic rings. The van der Waals surface area contributed by atoms with Crippen molar-refractivity contribution in [2.45, 2.75) is 26.8 Å². The second-order valence-electron chi connectivity index (χ2n) is 4.84. The van der Waals surface area contributed by atoms with Crippen LogP contribution in [-0.4, -0.2) is 21.6 Å². The number of aromatic nitrogens is 2. The van der Waals surface area contributed by atoms with Gasteiger partial charge in [-0.05, 0) is 36.8 Å². The van der Waals surface area contributed by atoms with Gasteiger partial charge in [0.05, 0.1) is 6.20 Å². The fourth-order valence-corrected chi connectivity index (χ4v) is 1.87. The van der Waals surface area contributed by atoms with Crippen molar-refractivity contribution < 1.29 is 9.59 Å². The van der Waals surface area contributed by atoms with Crippen LogP contribution in [0.3, 0.4) is 0 Å². The molecule has 1 aromatic carbocycles. The summed E-state index contributed by atoms with van der Waals surface area (Å²) in [6, 6.07) is 6.99. The normalized spacial score (nSPS) is 10.2. The highest BCUT2D eigenvalue weighted by Crippen LogP contribution is 2.13. The van der Waals surface area contributed by atoms with Crippen molar-refractivity contribution in [3.05, 3.63) is 42.2 Å². The Kier molecular flexibility index (Phi) is 4.71. The second kappa shape index (κ2) is 6.69. The summed E-state index contributed by atoms with van der Waals surface area (Å²) in [6.07, 6.45) is 4.02. The zero-order valence-electron chi connectivity index (χ0n) is 12.1. The third-order valence-electron chi connectivity index (χ3n) is 2.82. The van der Waals surface area contributed by atoms with Gasteiger partial charge in [-0.1, -0.05) is 0 Å². The summed E-state index contributed by atoms with van der Waals surface area (Å²) in [4.78, 5) is 22.7. The Hall–Kier alpha value is -2.63. The molecule has 2 amide bonds. The highest BCUT2D eigenvalue weighted by atomic mass is 16.2. The van der Waals surface area contributed by atoms with Crippen molar-refractivity contribution in [2.24, 2.45) is 0 Å². The predicted molar refractivity (Wildman–Crippen MR) is 81.0 cm³/mol. The summed E-state index contributed by atoms with van der Waals surface area (Å²) in [7, 11) is 0. The summed E-state index contributed by atoms with van der Waals surface area (Å²) < 4.78 is 1.74.